The van der Waals surface area contributed by atoms with Crippen molar-refractivity contribution in [2.45, 2.75) is 13.5 Å². The summed E-state index contributed by atoms with van der Waals surface area (Å²) in [7, 11) is 0. The Balaban J connectivity index is 2.01. The Kier molecular flexibility index (Phi) is 3.47. The zero-order valence-corrected chi connectivity index (χ0v) is 12.0. The highest BCUT2D eigenvalue weighted by Gasteiger charge is 2.14. The van der Waals surface area contributed by atoms with Gasteiger partial charge in [-0.3, -0.25) is 4.98 Å². The Morgan fingerprint density at radius 2 is 2.15 bits per heavy atom. The van der Waals surface area contributed by atoms with Gasteiger partial charge in [0.25, 0.3) is 0 Å². The lowest BCUT2D eigenvalue weighted by Crippen LogP contribution is -2.24. The van der Waals surface area contributed by atoms with Crippen molar-refractivity contribution in [1.29, 1.82) is 0 Å². The second-order valence-electron chi connectivity index (χ2n) is 4.38. The molecule has 0 bridgehead atoms. The van der Waals surface area contributed by atoms with Crippen LogP contribution in [0.5, 0.6) is 0 Å². The number of pyridine rings is 1. The molecule has 3 heterocycles. The van der Waals surface area contributed by atoms with E-state index in [1.807, 2.05) is 29.6 Å². The summed E-state index contributed by atoms with van der Waals surface area (Å²) in [5, 5.41) is 3.05. The lowest BCUT2D eigenvalue weighted by molar-refractivity contribution is 0.798. The topological polar surface area (TPSA) is 67.9 Å². The van der Waals surface area contributed by atoms with Gasteiger partial charge in [-0.15, -0.1) is 11.3 Å². The van der Waals surface area contributed by atoms with Crippen molar-refractivity contribution >= 4 is 33.3 Å². The van der Waals surface area contributed by atoms with Crippen LogP contribution in [0.4, 0.5) is 11.8 Å². The van der Waals surface area contributed by atoms with E-state index in [0.29, 0.717) is 12.5 Å². The highest BCUT2D eigenvalue weighted by atomic mass is 32.1. The van der Waals surface area contributed by atoms with Gasteiger partial charge in [0, 0.05) is 12.7 Å². The van der Waals surface area contributed by atoms with Crippen LogP contribution in [-0.2, 0) is 6.54 Å². The van der Waals surface area contributed by atoms with Crippen LogP contribution in [0.25, 0.3) is 10.2 Å². The number of aromatic nitrogens is 3. The van der Waals surface area contributed by atoms with E-state index in [1.165, 1.54) is 0 Å². The Morgan fingerprint density at radius 1 is 1.25 bits per heavy atom. The molecule has 0 atom stereocenters. The molecular weight excluding hydrogens is 270 g/mol. The molecule has 3 rings (SSSR count). The van der Waals surface area contributed by atoms with Gasteiger partial charge in [0.05, 0.1) is 17.6 Å². The quantitative estimate of drug-likeness (QED) is 0.798. The van der Waals surface area contributed by atoms with Crippen molar-refractivity contribution in [1.82, 2.24) is 15.0 Å². The maximum Gasteiger partial charge on any atom is 0.223 e. The average molecular weight is 285 g/mol. The Bertz CT molecular complexity index is 710. The third kappa shape index (κ3) is 2.42. The summed E-state index contributed by atoms with van der Waals surface area (Å²) in [4.78, 5) is 16.1. The predicted molar refractivity (Wildman–Crippen MR) is 82.8 cm³/mol. The minimum absolute atomic E-state index is 0.314. The number of nitrogens with zero attached hydrogens (tertiary/aromatic N) is 4. The van der Waals surface area contributed by atoms with Crippen LogP contribution < -0.4 is 10.6 Å². The Hall–Kier alpha value is -2.21. The van der Waals surface area contributed by atoms with Crippen LogP contribution in [-0.4, -0.2) is 21.5 Å². The van der Waals surface area contributed by atoms with Crippen LogP contribution in [0.3, 0.4) is 0 Å². The molecule has 0 saturated heterocycles. The summed E-state index contributed by atoms with van der Waals surface area (Å²) < 4.78 is 0. The van der Waals surface area contributed by atoms with Gasteiger partial charge in [-0.25, -0.2) is 4.98 Å². The van der Waals surface area contributed by atoms with Crippen molar-refractivity contribution in [3.63, 3.8) is 0 Å². The molecule has 0 aromatic carbocycles. The number of nitrogen functional groups attached to an aromatic ring is 1. The second kappa shape index (κ2) is 5.42. The maximum absolute atomic E-state index is 5.81. The van der Waals surface area contributed by atoms with Crippen molar-refractivity contribution in [2.75, 3.05) is 17.2 Å². The van der Waals surface area contributed by atoms with Crippen LogP contribution >= 0.6 is 11.3 Å². The van der Waals surface area contributed by atoms with E-state index in [1.54, 1.807) is 17.5 Å². The van der Waals surface area contributed by atoms with Gasteiger partial charge in [0.1, 0.15) is 10.6 Å². The number of nitrogens with two attached hydrogens (primary N) is 1. The maximum atomic E-state index is 5.81. The molecule has 0 amide bonds. The van der Waals surface area contributed by atoms with Crippen molar-refractivity contribution < 1.29 is 0 Å². The van der Waals surface area contributed by atoms with E-state index in [2.05, 4.69) is 26.8 Å². The zero-order valence-electron chi connectivity index (χ0n) is 11.2. The van der Waals surface area contributed by atoms with Gasteiger partial charge in [-0.1, -0.05) is 6.07 Å². The van der Waals surface area contributed by atoms with E-state index in [4.69, 9.17) is 5.73 Å². The smallest absolute Gasteiger partial charge is 0.223 e. The van der Waals surface area contributed by atoms with Gasteiger partial charge in [0.2, 0.25) is 5.95 Å². The molecule has 20 heavy (non-hydrogen) atoms. The van der Waals surface area contributed by atoms with Crippen molar-refractivity contribution in [3.05, 3.63) is 41.5 Å². The average Bonchev–Trinajstić information content (AvgIpc) is 2.93. The SMILES string of the molecule is CCN(Cc1ccccn1)c1nc(N)nc2sccc12. The Labute approximate surface area is 121 Å². The van der Waals surface area contributed by atoms with E-state index in [9.17, 15) is 0 Å². The van der Waals surface area contributed by atoms with Gasteiger partial charge in [0.15, 0.2) is 0 Å². The van der Waals surface area contributed by atoms with Crippen LogP contribution in [0.1, 0.15) is 12.6 Å². The third-order valence-corrected chi connectivity index (χ3v) is 3.89. The summed E-state index contributed by atoms with van der Waals surface area (Å²) in [6, 6.07) is 7.96. The normalized spacial score (nSPS) is 10.8. The summed E-state index contributed by atoms with van der Waals surface area (Å²) in [5.41, 5.74) is 6.82. The fraction of sp³-hybridized carbons (Fsp3) is 0.214. The minimum Gasteiger partial charge on any atom is -0.368 e. The molecule has 3 aromatic heterocycles. The highest BCUT2D eigenvalue weighted by molar-refractivity contribution is 7.16. The summed E-state index contributed by atoms with van der Waals surface area (Å²) in [6.45, 7) is 3.64. The fourth-order valence-electron chi connectivity index (χ4n) is 2.12. The number of thiophene rings is 1. The molecule has 0 spiro atoms. The lowest BCUT2D eigenvalue weighted by atomic mass is 10.3. The summed E-state index contributed by atoms with van der Waals surface area (Å²) >= 11 is 1.58. The molecule has 0 aliphatic carbocycles. The molecule has 0 radical (unpaired) electrons. The second-order valence-corrected chi connectivity index (χ2v) is 5.27. The number of fused-ring (bicyclic) bond motifs is 1. The molecule has 5 nitrogen and oxygen atoms in total. The molecule has 3 aromatic rings. The van der Waals surface area contributed by atoms with E-state index in [0.717, 1.165) is 28.3 Å². The number of hydrogen-bond donors (Lipinski definition) is 1. The Morgan fingerprint density at radius 3 is 2.90 bits per heavy atom. The molecule has 102 valence electrons. The van der Waals surface area contributed by atoms with Crippen molar-refractivity contribution in [3.8, 4) is 0 Å². The molecule has 6 heteroatoms. The number of anilines is 2. The monoisotopic (exact) mass is 285 g/mol. The summed E-state index contributed by atoms with van der Waals surface area (Å²) in [5.74, 6) is 1.19. The highest BCUT2D eigenvalue weighted by Crippen LogP contribution is 2.29. The first-order valence-corrected chi connectivity index (χ1v) is 7.31. The largest absolute Gasteiger partial charge is 0.368 e. The van der Waals surface area contributed by atoms with E-state index >= 15 is 0 Å². The van der Waals surface area contributed by atoms with E-state index in [-0.39, 0.29) is 0 Å². The van der Waals surface area contributed by atoms with Crippen LogP contribution in [0.2, 0.25) is 0 Å². The van der Waals surface area contributed by atoms with Gasteiger partial charge >= 0.3 is 0 Å². The molecule has 0 unspecified atom stereocenters. The standard InChI is InChI=1S/C14H15N5S/c1-2-19(9-10-5-3-4-7-16-10)12-11-6-8-20-13(11)18-14(15)17-12/h3-8H,2,9H2,1H3,(H2,15,17,18). The van der Waals surface area contributed by atoms with Gasteiger partial charge in [-0.05, 0) is 30.5 Å². The predicted octanol–water partition coefficient (Wildman–Crippen LogP) is 2.70. The first-order valence-electron chi connectivity index (χ1n) is 6.43. The molecule has 0 fully saturated rings. The lowest BCUT2D eigenvalue weighted by Gasteiger charge is -2.22. The van der Waals surface area contributed by atoms with E-state index < -0.39 is 0 Å². The fourth-order valence-corrected chi connectivity index (χ4v) is 2.89. The molecule has 0 saturated carbocycles. The van der Waals surface area contributed by atoms with Crippen LogP contribution in [0, 0.1) is 0 Å². The first-order chi connectivity index (χ1) is 9.78. The summed E-state index contributed by atoms with van der Waals surface area (Å²) in [6.07, 6.45) is 1.80. The molecular formula is C14H15N5S. The molecule has 0 aliphatic rings. The number of rotatable bonds is 4. The molecule has 0 aliphatic heterocycles. The number of hydrogen-bond acceptors (Lipinski definition) is 6. The molecule has 2 N–H and O–H groups in total. The van der Waals surface area contributed by atoms with Crippen molar-refractivity contribution in [2.24, 2.45) is 0 Å². The third-order valence-electron chi connectivity index (χ3n) is 3.08. The first kappa shape index (κ1) is 12.8. The van der Waals surface area contributed by atoms with Crippen LogP contribution in [0.15, 0.2) is 35.8 Å². The van der Waals surface area contributed by atoms with Gasteiger partial charge in [-0.2, -0.15) is 4.98 Å². The zero-order chi connectivity index (χ0) is 13.9. The minimum atomic E-state index is 0.314. The van der Waals surface area contributed by atoms with Gasteiger partial charge < -0.3 is 10.6 Å².